The molecule has 0 aliphatic heterocycles. The van der Waals surface area contributed by atoms with E-state index in [0.29, 0.717) is 17.9 Å². The van der Waals surface area contributed by atoms with Crippen LogP contribution in [0, 0.1) is 0 Å². The number of benzene rings is 1. The number of aliphatic hydroxyl groups is 1. The number of aromatic nitrogens is 3. The van der Waals surface area contributed by atoms with Crippen molar-refractivity contribution in [3.63, 3.8) is 0 Å². The fourth-order valence-electron chi connectivity index (χ4n) is 4.93. The molecule has 2 N–H and O–H groups in total. The third-order valence-corrected chi connectivity index (χ3v) is 6.90. The predicted molar refractivity (Wildman–Crippen MR) is 149 cm³/mol. The zero-order chi connectivity index (χ0) is 29.2. The highest BCUT2D eigenvalue weighted by molar-refractivity contribution is 5.97. The Hall–Kier alpha value is -4.18. The lowest BCUT2D eigenvalue weighted by Crippen LogP contribution is -2.36. The molecule has 4 aromatic rings. The number of nitrogens with one attached hydrogen (secondary N) is 1. The fourth-order valence-corrected chi connectivity index (χ4v) is 4.93. The van der Waals surface area contributed by atoms with Crippen molar-refractivity contribution in [2.45, 2.75) is 63.9 Å². The van der Waals surface area contributed by atoms with Crippen LogP contribution in [0.25, 0.3) is 17.1 Å². The topological polar surface area (TPSA) is 89.3 Å². The number of fused-ring (bicyclic) bond motifs is 1. The Morgan fingerprint density at radius 1 is 1.10 bits per heavy atom. The van der Waals surface area contributed by atoms with Crippen LogP contribution in [0.3, 0.4) is 0 Å². The number of carbonyl (C=O) groups is 1. The van der Waals surface area contributed by atoms with Crippen molar-refractivity contribution in [2.24, 2.45) is 0 Å². The van der Waals surface area contributed by atoms with Gasteiger partial charge in [0.15, 0.2) is 0 Å². The molecule has 5 rings (SSSR count). The van der Waals surface area contributed by atoms with Gasteiger partial charge in [-0.05, 0) is 75.4 Å². The zero-order valence-corrected chi connectivity index (χ0v) is 22.8. The van der Waals surface area contributed by atoms with Gasteiger partial charge >= 0.3 is 6.18 Å². The van der Waals surface area contributed by atoms with Crippen molar-refractivity contribution in [1.82, 2.24) is 19.9 Å². The van der Waals surface area contributed by atoms with Crippen molar-refractivity contribution in [3.05, 3.63) is 89.4 Å². The molecule has 1 amide bonds. The van der Waals surface area contributed by atoms with Gasteiger partial charge < -0.3 is 19.7 Å². The van der Waals surface area contributed by atoms with Crippen molar-refractivity contribution in [2.75, 3.05) is 0 Å². The Morgan fingerprint density at radius 2 is 1.88 bits per heavy atom. The number of pyridine rings is 2. The van der Waals surface area contributed by atoms with Crippen molar-refractivity contribution in [3.8, 4) is 11.6 Å². The Balaban J connectivity index is 1.16. The fraction of sp³-hybridized carbons (Fsp3) is 0.323. The molecule has 0 radical (unpaired) electrons. The number of halogens is 3. The van der Waals surface area contributed by atoms with Crippen molar-refractivity contribution < 1.29 is 27.8 Å². The van der Waals surface area contributed by atoms with E-state index in [1.54, 1.807) is 26.1 Å². The lowest BCUT2D eigenvalue weighted by atomic mass is 9.89. The molecule has 214 valence electrons. The first-order chi connectivity index (χ1) is 19.4. The number of allylic oxidation sites excluding steroid dienone is 1. The molecular formula is C31H31F3N4O3. The second-order valence-electron chi connectivity index (χ2n) is 11.0. The van der Waals surface area contributed by atoms with Gasteiger partial charge in [0.2, 0.25) is 5.88 Å². The molecule has 0 spiro atoms. The monoisotopic (exact) mass is 564 g/mol. The van der Waals surface area contributed by atoms with Crippen molar-refractivity contribution >= 4 is 23.0 Å². The van der Waals surface area contributed by atoms with Crippen molar-refractivity contribution in [1.29, 1.82) is 0 Å². The van der Waals surface area contributed by atoms with Crippen LogP contribution in [0.2, 0.25) is 0 Å². The number of hydrogen-bond acceptors (Lipinski definition) is 5. The third kappa shape index (κ3) is 7.32. The summed E-state index contributed by atoms with van der Waals surface area (Å²) in [5.41, 5.74) is 1.69. The summed E-state index contributed by atoms with van der Waals surface area (Å²) >= 11 is 0. The number of alkyl halides is 3. The quantitative estimate of drug-likeness (QED) is 0.259. The van der Waals surface area contributed by atoms with E-state index in [1.807, 2.05) is 41.1 Å². The van der Waals surface area contributed by atoms with E-state index in [2.05, 4.69) is 21.4 Å². The first-order valence-electron chi connectivity index (χ1n) is 13.4. The van der Waals surface area contributed by atoms with E-state index in [1.165, 1.54) is 11.6 Å². The van der Waals surface area contributed by atoms with Crippen LogP contribution in [0.5, 0.6) is 11.6 Å². The number of amides is 1. The smallest absolute Gasteiger partial charge is 0.417 e. The summed E-state index contributed by atoms with van der Waals surface area (Å²) in [6.45, 7) is 3.88. The van der Waals surface area contributed by atoms with E-state index in [9.17, 15) is 23.1 Å². The number of ether oxygens (including phenoxy) is 1. The average molecular weight is 565 g/mol. The zero-order valence-electron chi connectivity index (χ0n) is 22.8. The van der Waals surface area contributed by atoms with Gasteiger partial charge in [-0.2, -0.15) is 13.2 Å². The summed E-state index contributed by atoms with van der Waals surface area (Å²) in [6, 6.07) is 13.2. The minimum atomic E-state index is -4.45. The van der Waals surface area contributed by atoms with E-state index >= 15 is 0 Å². The number of hydrogen-bond donors (Lipinski definition) is 2. The van der Waals surface area contributed by atoms with E-state index in [4.69, 9.17) is 4.74 Å². The SMILES string of the molecule is CC(C)(O)Cn1ccc2cc(C(=O)NC3CCC(=Cc4cccc(Oc5ccc(C(F)(F)F)cn5)c4)CC3)cnc21. The minimum absolute atomic E-state index is 0.0514. The maximum absolute atomic E-state index is 12.9. The van der Waals surface area contributed by atoms with Crippen LogP contribution in [0.15, 0.2) is 72.7 Å². The summed E-state index contributed by atoms with van der Waals surface area (Å²) in [5, 5.41) is 14.1. The Kier molecular flexibility index (Phi) is 7.86. The molecule has 3 heterocycles. The van der Waals surface area contributed by atoms with Crippen LogP contribution in [-0.4, -0.2) is 37.2 Å². The first kappa shape index (κ1) is 28.4. The summed E-state index contributed by atoms with van der Waals surface area (Å²) < 4.78 is 45.8. The van der Waals surface area contributed by atoms with Crippen LogP contribution in [-0.2, 0) is 12.7 Å². The first-order valence-corrected chi connectivity index (χ1v) is 13.4. The number of carbonyl (C=O) groups excluding carboxylic acids is 1. The molecule has 7 nitrogen and oxygen atoms in total. The largest absolute Gasteiger partial charge is 0.439 e. The molecule has 0 atom stereocenters. The minimum Gasteiger partial charge on any atom is -0.439 e. The Bertz CT molecular complexity index is 1560. The standard InChI is InChI=1S/C31H31F3N4O3/c1-30(2,40)19-38-13-12-22-16-23(17-36-28(22)38)29(39)37-25-9-6-20(7-10-25)14-21-4-3-5-26(15-21)41-27-11-8-24(18-35-27)31(32,33)34/h3-5,8,11-18,25,40H,6-7,9-10,19H2,1-2H3,(H,37,39). The van der Waals surface area contributed by atoms with Gasteiger partial charge in [-0.1, -0.05) is 23.8 Å². The molecule has 3 aromatic heterocycles. The Labute approximate surface area is 235 Å². The average Bonchev–Trinajstić information content (AvgIpc) is 3.30. The lowest BCUT2D eigenvalue weighted by Gasteiger charge is -2.25. The van der Waals surface area contributed by atoms with Gasteiger partial charge in [-0.15, -0.1) is 0 Å². The molecule has 0 saturated heterocycles. The molecule has 0 bridgehead atoms. The highest BCUT2D eigenvalue weighted by Crippen LogP contribution is 2.31. The summed E-state index contributed by atoms with van der Waals surface area (Å²) in [7, 11) is 0. The van der Waals surface area contributed by atoms with Crippen LogP contribution >= 0.6 is 0 Å². The third-order valence-electron chi connectivity index (χ3n) is 6.90. The highest BCUT2D eigenvalue weighted by atomic mass is 19.4. The second-order valence-corrected chi connectivity index (χ2v) is 11.0. The summed E-state index contributed by atoms with van der Waals surface area (Å²) in [4.78, 5) is 21.2. The summed E-state index contributed by atoms with van der Waals surface area (Å²) in [6.07, 6.45) is 5.09. The van der Waals surface area contributed by atoms with Gasteiger partial charge in [0, 0.05) is 36.1 Å². The molecule has 0 unspecified atom stereocenters. The molecular weight excluding hydrogens is 533 g/mol. The van der Waals surface area contributed by atoms with Gasteiger partial charge in [-0.25, -0.2) is 9.97 Å². The van der Waals surface area contributed by atoms with E-state index in [-0.39, 0.29) is 17.8 Å². The van der Waals surface area contributed by atoms with Gasteiger partial charge in [0.05, 0.1) is 23.3 Å². The molecule has 1 fully saturated rings. The predicted octanol–water partition coefficient (Wildman–Crippen LogP) is 6.77. The molecule has 1 aliphatic carbocycles. The van der Waals surface area contributed by atoms with E-state index in [0.717, 1.165) is 54.5 Å². The molecule has 10 heteroatoms. The van der Waals surface area contributed by atoms with E-state index < -0.39 is 17.3 Å². The molecule has 1 aliphatic rings. The summed E-state index contributed by atoms with van der Waals surface area (Å²) in [5.74, 6) is 0.405. The van der Waals surface area contributed by atoms with Crippen LogP contribution in [0.4, 0.5) is 13.2 Å². The van der Waals surface area contributed by atoms with Gasteiger partial charge in [0.25, 0.3) is 5.91 Å². The second kappa shape index (κ2) is 11.4. The lowest BCUT2D eigenvalue weighted by molar-refractivity contribution is -0.137. The number of nitrogens with zero attached hydrogens (tertiary/aromatic N) is 3. The van der Waals surface area contributed by atoms with Crippen LogP contribution < -0.4 is 10.1 Å². The highest BCUT2D eigenvalue weighted by Gasteiger charge is 2.30. The molecule has 41 heavy (non-hydrogen) atoms. The van der Waals surface area contributed by atoms with Crippen LogP contribution in [0.1, 0.15) is 61.0 Å². The normalized spacial score (nSPS) is 16.0. The molecule has 1 aromatic carbocycles. The Morgan fingerprint density at radius 3 is 2.56 bits per heavy atom. The number of rotatable bonds is 7. The van der Waals surface area contributed by atoms with Gasteiger partial charge in [0.1, 0.15) is 11.4 Å². The van der Waals surface area contributed by atoms with Gasteiger partial charge in [-0.3, -0.25) is 4.79 Å². The molecule has 1 saturated carbocycles. The maximum Gasteiger partial charge on any atom is 0.417 e. The maximum atomic E-state index is 12.9.